The third-order valence-electron chi connectivity index (χ3n) is 3.30. The average Bonchev–Trinajstić information content (AvgIpc) is 2.91. The minimum Gasteiger partial charge on any atom is -0.368 e. The van der Waals surface area contributed by atoms with Crippen molar-refractivity contribution in [3.8, 4) is 11.4 Å². The number of hydrogen-bond acceptors (Lipinski definition) is 4. The number of imidazole rings is 1. The van der Waals surface area contributed by atoms with Gasteiger partial charge < -0.3 is 15.2 Å². The largest absolute Gasteiger partial charge is 0.368 e. The zero-order chi connectivity index (χ0) is 14.7. The molecule has 0 spiro atoms. The summed E-state index contributed by atoms with van der Waals surface area (Å²) in [6.45, 7) is 1.80. The topological polar surface area (TPSA) is 56.8 Å². The number of aromatic amines is 1. The van der Waals surface area contributed by atoms with E-state index in [1.54, 1.807) is 6.20 Å². The first-order valence-corrected chi connectivity index (χ1v) is 7.03. The molecule has 0 radical (unpaired) electrons. The van der Waals surface area contributed by atoms with Gasteiger partial charge in [0.2, 0.25) is 0 Å². The van der Waals surface area contributed by atoms with Gasteiger partial charge in [0.25, 0.3) is 0 Å². The van der Waals surface area contributed by atoms with Crippen LogP contribution in [0.3, 0.4) is 0 Å². The molecule has 1 aromatic carbocycles. The first kappa shape index (κ1) is 13.6. The van der Waals surface area contributed by atoms with Crippen LogP contribution in [-0.2, 0) is 0 Å². The molecule has 0 unspecified atom stereocenters. The molecule has 5 heteroatoms. The Morgan fingerprint density at radius 1 is 1.14 bits per heavy atom. The van der Waals surface area contributed by atoms with E-state index in [-0.39, 0.29) is 0 Å². The van der Waals surface area contributed by atoms with Gasteiger partial charge in [0, 0.05) is 19.3 Å². The molecule has 21 heavy (non-hydrogen) atoms. The summed E-state index contributed by atoms with van der Waals surface area (Å²) in [7, 11) is 4.11. The summed E-state index contributed by atoms with van der Waals surface area (Å²) in [6.07, 6.45) is 1.80. The molecule has 2 heterocycles. The number of aromatic nitrogens is 3. The van der Waals surface area contributed by atoms with Crippen molar-refractivity contribution in [1.82, 2.24) is 19.9 Å². The van der Waals surface area contributed by atoms with Gasteiger partial charge in [-0.3, -0.25) is 0 Å². The molecule has 0 aliphatic carbocycles. The number of anilines is 1. The molecular formula is C16H19N5. The number of para-hydroxylation sites is 2. The lowest BCUT2D eigenvalue weighted by Gasteiger charge is -2.12. The molecule has 0 aliphatic rings. The zero-order valence-corrected chi connectivity index (χ0v) is 12.3. The molecule has 0 fully saturated rings. The van der Waals surface area contributed by atoms with Crippen molar-refractivity contribution in [2.45, 2.75) is 0 Å². The maximum Gasteiger partial charge on any atom is 0.142 e. The van der Waals surface area contributed by atoms with E-state index in [0.29, 0.717) is 0 Å². The van der Waals surface area contributed by atoms with Crippen LogP contribution >= 0.6 is 0 Å². The van der Waals surface area contributed by atoms with Crippen LogP contribution in [0.2, 0.25) is 0 Å². The van der Waals surface area contributed by atoms with E-state index in [1.807, 2.05) is 36.4 Å². The van der Waals surface area contributed by atoms with Gasteiger partial charge in [-0.15, -0.1) is 0 Å². The van der Waals surface area contributed by atoms with Crippen LogP contribution < -0.4 is 5.32 Å². The highest BCUT2D eigenvalue weighted by atomic mass is 15.1. The van der Waals surface area contributed by atoms with Crippen LogP contribution in [0.5, 0.6) is 0 Å². The molecule has 2 aromatic heterocycles. The second kappa shape index (κ2) is 5.93. The van der Waals surface area contributed by atoms with Gasteiger partial charge in [-0.1, -0.05) is 12.1 Å². The first-order chi connectivity index (χ1) is 10.2. The normalized spacial score (nSPS) is 11.2. The predicted molar refractivity (Wildman–Crippen MR) is 86.4 cm³/mol. The second-order valence-corrected chi connectivity index (χ2v) is 5.23. The van der Waals surface area contributed by atoms with Gasteiger partial charge in [-0.2, -0.15) is 0 Å². The molecule has 0 atom stereocenters. The molecule has 3 aromatic rings. The Morgan fingerprint density at radius 2 is 2.00 bits per heavy atom. The average molecular weight is 281 g/mol. The summed E-state index contributed by atoms with van der Waals surface area (Å²) in [5.74, 6) is 1.70. The van der Waals surface area contributed by atoms with Crippen molar-refractivity contribution in [2.24, 2.45) is 0 Å². The van der Waals surface area contributed by atoms with Gasteiger partial charge in [0.05, 0.1) is 16.6 Å². The van der Waals surface area contributed by atoms with Crippen LogP contribution in [0, 0.1) is 0 Å². The standard InChI is InChI=1S/C16H19N5/c1-21(2)11-10-18-15-12(6-5-9-17-15)16-19-13-7-3-4-8-14(13)20-16/h3-9H,10-11H2,1-2H3,(H,17,18)(H,19,20). The summed E-state index contributed by atoms with van der Waals surface area (Å²) in [5.41, 5.74) is 3.00. The summed E-state index contributed by atoms with van der Waals surface area (Å²) in [4.78, 5) is 14.6. The molecule has 0 bridgehead atoms. The van der Waals surface area contributed by atoms with Crippen molar-refractivity contribution < 1.29 is 0 Å². The summed E-state index contributed by atoms with van der Waals surface area (Å²) >= 11 is 0. The Bertz CT molecular complexity index is 699. The predicted octanol–water partition coefficient (Wildman–Crippen LogP) is 2.60. The molecule has 108 valence electrons. The smallest absolute Gasteiger partial charge is 0.142 e. The van der Waals surface area contributed by atoms with Crippen molar-refractivity contribution in [3.63, 3.8) is 0 Å². The lowest BCUT2D eigenvalue weighted by molar-refractivity contribution is 0.425. The van der Waals surface area contributed by atoms with Crippen LogP contribution in [0.15, 0.2) is 42.6 Å². The molecule has 5 nitrogen and oxygen atoms in total. The molecule has 2 N–H and O–H groups in total. The third kappa shape index (κ3) is 3.03. The van der Waals surface area contributed by atoms with E-state index < -0.39 is 0 Å². The number of nitrogens with one attached hydrogen (secondary N) is 2. The Morgan fingerprint density at radius 3 is 2.81 bits per heavy atom. The van der Waals surface area contributed by atoms with Crippen molar-refractivity contribution in [3.05, 3.63) is 42.6 Å². The monoisotopic (exact) mass is 281 g/mol. The lowest BCUT2D eigenvalue weighted by atomic mass is 10.2. The Kier molecular flexibility index (Phi) is 3.83. The van der Waals surface area contributed by atoms with E-state index in [0.717, 1.165) is 41.3 Å². The number of H-pyrrole nitrogens is 1. The maximum absolute atomic E-state index is 4.64. The maximum atomic E-state index is 4.64. The van der Waals surface area contributed by atoms with E-state index in [2.05, 4.69) is 39.3 Å². The fraction of sp³-hybridized carbons (Fsp3) is 0.250. The fourth-order valence-electron chi connectivity index (χ4n) is 2.22. The molecule has 0 saturated carbocycles. The quantitative estimate of drug-likeness (QED) is 0.755. The number of rotatable bonds is 5. The number of benzene rings is 1. The van der Waals surface area contributed by atoms with Crippen LogP contribution in [0.1, 0.15) is 0 Å². The molecular weight excluding hydrogens is 262 g/mol. The van der Waals surface area contributed by atoms with E-state index in [9.17, 15) is 0 Å². The minimum absolute atomic E-state index is 0.844. The van der Waals surface area contributed by atoms with Gasteiger partial charge in [0.15, 0.2) is 0 Å². The number of hydrogen-bond donors (Lipinski definition) is 2. The van der Waals surface area contributed by atoms with Crippen molar-refractivity contribution in [1.29, 1.82) is 0 Å². The second-order valence-electron chi connectivity index (χ2n) is 5.23. The van der Waals surface area contributed by atoms with E-state index >= 15 is 0 Å². The lowest BCUT2D eigenvalue weighted by Crippen LogP contribution is -2.21. The Balaban J connectivity index is 1.90. The third-order valence-corrected chi connectivity index (χ3v) is 3.30. The SMILES string of the molecule is CN(C)CCNc1ncccc1-c1nc2ccccc2[nH]1. The number of nitrogens with zero attached hydrogens (tertiary/aromatic N) is 3. The summed E-state index contributed by atoms with van der Waals surface area (Å²) in [6, 6.07) is 12.0. The molecule has 3 rings (SSSR count). The van der Waals surface area contributed by atoms with Crippen LogP contribution in [0.25, 0.3) is 22.4 Å². The van der Waals surface area contributed by atoms with Crippen LogP contribution in [-0.4, -0.2) is 47.0 Å². The number of pyridine rings is 1. The van der Waals surface area contributed by atoms with Gasteiger partial charge in [0.1, 0.15) is 11.6 Å². The summed E-state index contributed by atoms with van der Waals surface area (Å²) in [5, 5.41) is 3.37. The zero-order valence-electron chi connectivity index (χ0n) is 12.3. The summed E-state index contributed by atoms with van der Waals surface area (Å²) < 4.78 is 0. The molecule has 0 amide bonds. The highest BCUT2D eigenvalue weighted by Gasteiger charge is 2.10. The highest BCUT2D eigenvalue weighted by Crippen LogP contribution is 2.25. The number of likely N-dealkylation sites (N-methyl/N-ethyl adjacent to an activating group) is 1. The van der Waals surface area contributed by atoms with Crippen LogP contribution in [0.4, 0.5) is 5.82 Å². The van der Waals surface area contributed by atoms with Gasteiger partial charge in [-0.25, -0.2) is 9.97 Å². The van der Waals surface area contributed by atoms with E-state index in [4.69, 9.17) is 0 Å². The Hall–Kier alpha value is -2.40. The number of fused-ring (bicyclic) bond motifs is 1. The van der Waals surface area contributed by atoms with Crippen molar-refractivity contribution in [2.75, 3.05) is 32.5 Å². The van der Waals surface area contributed by atoms with E-state index in [1.165, 1.54) is 0 Å². The first-order valence-electron chi connectivity index (χ1n) is 7.03. The minimum atomic E-state index is 0.844. The molecule has 0 aliphatic heterocycles. The fourth-order valence-corrected chi connectivity index (χ4v) is 2.22. The highest BCUT2D eigenvalue weighted by molar-refractivity contribution is 5.81. The Labute approximate surface area is 124 Å². The molecule has 0 saturated heterocycles. The van der Waals surface area contributed by atoms with Gasteiger partial charge >= 0.3 is 0 Å². The van der Waals surface area contributed by atoms with Crippen molar-refractivity contribution >= 4 is 16.9 Å². The van der Waals surface area contributed by atoms with Gasteiger partial charge in [-0.05, 0) is 38.4 Å².